The summed E-state index contributed by atoms with van der Waals surface area (Å²) >= 11 is 0. The third kappa shape index (κ3) is 67.6. The normalized spacial score (nSPS) is 12.5. The largest absolute Gasteiger partial charge is 0.466 e. The van der Waals surface area contributed by atoms with Gasteiger partial charge >= 0.3 is 5.97 Å². The standard InChI is InChI=1S/C75H147NO5/c1-3-5-7-9-11-13-15-17-19-21-36-39-43-47-51-55-59-63-67-73(78)72(71-77)76-74(79)68-64-60-56-52-48-44-40-37-33-31-29-27-25-23-22-24-26-28-30-32-34-38-42-46-50-54-58-62-66-70-81-75(80)69-65-61-57-53-49-45-41-35-20-18-16-14-12-10-8-6-4-2/h63,67,72-73,77-78H,3-62,64-66,68-71H2,1-2H3,(H,76,79)/b67-63+. The first kappa shape index (κ1) is 79.6. The van der Waals surface area contributed by atoms with Crippen LogP contribution in [0.4, 0.5) is 0 Å². The summed E-state index contributed by atoms with van der Waals surface area (Å²) in [4.78, 5) is 24.6. The van der Waals surface area contributed by atoms with Crippen molar-refractivity contribution in [1.82, 2.24) is 5.32 Å². The lowest BCUT2D eigenvalue weighted by atomic mass is 10.0. The number of unbranched alkanes of at least 4 members (excludes halogenated alkanes) is 60. The van der Waals surface area contributed by atoms with Gasteiger partial charge in [0.15, 0.2) is 0 Å². The van der Waals surface area contributed by atoms with E-state index in [1.54, 1.807) is 6.08 Å². The summed E-state index contributed by atoms with van der Waals surface area (Å²) in [5.41, 5.74) is 0. The number of carbonyl (C=O) groups is 2. The van der Waals surface area contributed by atoms with Gasteiger partial charge in [-0.3, -0.25) is 9.59 Å². The first-order valence-electron chi connectivity index (χ1n) is 37.5. The van der Waals surface area contributed by atoms with Crippen LogP contribution in [0.15, 0.2) is 12.2 Å². The van der Waals surface area contributed by atoms with Crippen LogP contribution in [0.2, 0.25) is 0 Å². The minimum absolute atomic E-state index is 0.0243. The number of aliphatic hydroxyl groups is 2. The first-order valence-corrected chi connectivity index (χ1v) is 37.5. The zero-order valence-corrected chi connectivity index (χ0v) is 55.3. The smallest absolute Gasteiger partial charge is 0.305 e. The summed E-state index contributed by atoms with van der Waals surface area (Å²) in [5.74, 6) is -0.0359. The molecule has 482 valence electrons. The number of aliphatic hydroxyl groups excluding tert-OH is 2. The van der Waals surface area contributed by atoms with Crippen LogP contribution >= 0.6 is 0 Å². The SMILES string of the molecule is CCCCCCCCCCCCCCCCCC/C=C/C(O)C(CO)NC(=O)CCCCCCCCCCCCCCCCCCCCCCCCCCCCCCCOC(=O)CCCCCCCCCCCCCCCCCCC. The number of allylic oxidation sites excluding steroid dienone is 1. The van der Waals surface area contributed by atoms with Gasteiger partial charge in [-0.1, -0.05) is 398 Å². The van der Waals surface area contributed by atoms with Crippen molar-refractivity contribution in [2.24, 2.45) is 0 Å². The van der Waals surface area contributed by atoms with Crippen LogP contribution in [-0.2, 0) is 14.3 Å². The fraction of sp³-hybridized carbons (Fsp3) is 0.947. The topological polar surface area (TPSA) is 95.9 Å². The van der Waals surface area contributed by atoms with Crippen molar-refractivity contribution >= 4 is 11.9 Å². The van der Waals surface area contributed by atoms with E-state index in [1.165, 1.54) is 366 Å². The second-order valence-corrected chi connectivity index (χ2v) is 26.0. The molecule has 0 saturated carbocycles. The third-order valence-corrected chi connectivity index (χ3v) is 17.8. The average molecular weight is 1140 g/mol. The second kappa shape index (κ2) is 71.1. The zero-order valence-electron chi connectivity index (χ0n) is 55.3. The van der Waals surface area contributed by atoms with Gasteiger partial charge < -0.3 is 20.3 Å². The van der Waals surface area contributed by atoms with Gasteiger partial charge in [0, 0.05) is 12.8 Å². The Morgan fingerprint density at radius 2 is 0.568 bits per heavy atom. The van der Waals surface area contributed by atoms with Gasteiger partial charge in [-0.2, -0.15) is 0 Å². The van der Waals surface area contributed by atoms with Gasteiger partial charge in [0.1, 0.15) is 0 Å². The molecule has 0 saturated heterocycles. The van der Waals surface area contributed by atoms with E-state index in [0.29, 0.717) is 19.4 Å². The van der Waals surface area contributed by atoms with Gasteiger partial charge in [0.05, 0.1) is 25.4 Å². The van der Waals surface area contributed by atoms with Crippen LogP contribution in [0.5, 0.6) is 0 Å². The molecule has 0 radical (unpaired) electrons. The Hall–Kier alpha value is -1.40. The number of rotatable bonds is 71. The lowest BCUT2D eigenvalue weighted by molar-refractivity contribution is -0.143. The van der Waals surface area contributed by atoms with Crippen molar-refractivity contribution in [2.45, 2.75) is 443 Å². The Morgan fingerprint density at radius 3 is 0.840 bits per heavy atom. The number of hydrogen-bond acceptors (Lipinski definition) is 5. The summed E-state index contributed by atoms with van der Waals surface area (Å²) in [6.45, 7) is 4.96. The fourth-order valence-corrected chi connectivity index (χ4v) is 12.1. The molecule has 0 aromatic heterocycles. The summed E-state index contributed by atoms with van der Waals surface area (Å²) in [6.07, 6.45) is 88.8. The van der Waals surface area contributed by atoms with Crippen LogP contribution in [-0.4, -0.2) is 47.4 Å². The first-order chi connectivity index (χ1) is 40.0. The average Bonchev–Trinajstić information content (AvgIpc) is 3.47. The molecule has 6 nitrogen and oxygen atoms in total. The van der Waals surface area contributed by atoms with E-state index in [4.69, 9.17) is 4.74 Å². The molecular formula is C75H147NO5. The molecule has 6 heteroatoms. The molecule has 0 aliphatic rings. The highest BCUT2D eigenvalue weighted by molar-refractivity contribution is 5.76. The highest BCUT2D eigenvalue weighted by atomic mass is 16.5. The highest BCUT2D eigenvalue weighted by Gasteiger charge is 2.18. The maximum atomic E-state index is 12.5. The maximum absolute atomic E-state index is 12.5. The number of ether oxygens (including phenoxy) is 1. The predicted octanol–water partition coefficient (Wildman–Crippen LogP) is 24.3. The summed E-state index contributed by atoms with van der Waals surface area (Å²) in [7, 11) is 0. The van der Waals surface area contributed by atoms with Crippen LogP contribution in [0, 0.1) is 0 Å². The van der Waals surface area contributed by atoms with Gasteiger partial charge in [-0.15, -0.1) is 0 Å². The Balaban J connectivity index is 3.34. The van der Waals surface area contributed by atoms with E-state index in [2.05, 4.69) is 19.2 Å². The molecule has 0 aliphatic heterocycles. The number of amides is 1. The van der Waals surface area contributed by atoms with Crippen molar-refractivity contribution in [1.29, 1.82) is 0 Å². The van der Waals surface area contributed by atoms with E-state index >= 15 is 0 Å². The van der Waals surface area contributed by atoms with Crippen LogP contribution in [0.3, 0.4) is 0 Å². The molecule has 0 aromatic rings. The van der Waals surface area contributed by atoms with E-state index < -0.39 is 12.1 Å². The maximum Gasteiger partial charge on any atom is 0.305 e. The molecule has 1 amide bonds. The molecule has 0 fully saturated rings. The van der Waals surface area contributed by atoms with E-state index in [-0.39, 0.29) is 18.5 Å². The molecule has 0 heterocycles. The molecule has 0 spiro atoms. The predicted molar refractivity (Wildman–Crippen MR) is 357 cm³/mol. The van der Waals surface area contributed by atoms with Crippen LogP contribution < -0.4 is 5.32 Å². The number of nitrogens with one attached hydrogen (secondary N) is 1. The van der Waals surface area contributed by atoms with Crippen molar-refractivity contribution in [3.8, 4) is 0 Å². The van der Waals surface area contributed by atoms with Crippen molar-refractivity contribution < 1.29 is 24.5 Å². The second-order valence-electron chi connectivity index (χ2n) is 26.0. The lowest BCUT2D eigenvalue weighted by Crippen LogP contribution is -2.45. The quantitative estimate of drug-likeness (QED) is 0.0320. The number of hydrogen-bond donors (Lipinski definition) is 3. The Labute approximate surface area is 508 Å². The summed E-state index contributed by atoms with van der Waals surface area (Å²) < 4.78 is 5.51. The van der Waals surface area contributed by atoms with Gasteiger partial charge in [-0.25, -0.2) is 0 Å². The van der Waals surface area contributed by atoms with Gasteiger partial charge in [-0.05, 0) is 32.1 Å². The molecule has 0 aliphatic carbocycles. The van der Waals surface area contributed by atoms with Gasteiger partial charge in [0.2, 0.25) is 5.91 Å². The van der Waals surface area contributed by atoms with Crippen molar-refractivity contribution in [2.75, 3.05) is 13.2 Å². The molecule has 2 unspecified atom stereocenters. The van der Waals surface area contributed by atoms with Crippen LogP contribution in [0.25, 0.3) is 0 Å². The van der Waals surface area contributed by atoms with Crippen molar-refractivity contribution in [3.05, 3.63) is 12.2 Å². The summed E-state index contributed by atoms with van der Waals surface area (Å²) in [5, 5.41) is 23.2. The monoisotopic (exact) mass is 1140 g/mol. The van der Waals surface area contributed by atoms with Gasteiger partial charge in [0.25, 0.3) is 0 Å². The third-order valence-electron chi connectivity index (χ3n) is 17.8. The van der Waals surface area contributed by atoms with E-state index in [0.717, 1.165) is 38.5 Å². The Kier molecular flexibility index (Phi) is 69.9. The fourth-order valence-electron chi connectivity index (χ4n) is 12.1. The summed E-state index contributed by atoms with van der Waals surface area (Å²) in [6, 6.07) is -0.625. The molecule has 0 rings (SSSR count). The Morgan fingerprint density at radius 1 is 0.333 bits per heavy atom. The van der Waals surface area contributed by atoms with Crippen LogP contribution in [0.1, 0.15) is 431 Å². The van der Waals surface area contributed by atoms with E-state index in [1.807, 2.05) is 6.08 Å². The molecular weight excluding hydrogens is 995 g/mol. The number of carbonyl (C=O) groups excluding carboxylic acids is 2. The molecule has 0 aromatic carbocycles. The Bertz CT molecular complexity index is 1220. The minimum atomic E-state index is -0.842. The van der Waals surface area contributed by atoms with Crippen molar-refractivity contribution in [3.63, 3.8) is 0 Å². The molecule has 81 heavy (non-hydrogen) atoms. The number of esters is 1. The highest BCUT2D eigenvalue weighted by Crippen LogP contribution is 2.20. The molecule has 3 N–H and O–H groups in total. The zero-order chi connectivity index (χ0) is 58.5. The molecule has 0 bridgehead atoms. The lowest BCUT2D eigenvalue weighted by Gasteiger charge is -2.20. The van der Waals surface area contributed by atoms with E-state index in [9.17, 15) is 19.8 Å². The molecule has 2 atom stereocenters. The minimum Gasteiger partial charge on any atom is -0.466 e.